The second-order valence-corrected chi connectivity index (χ2v) is 6.26. The summed E-state index contributed by atoms with van der Waals surface area (Å²) < 4.78 is 8.18. The summed E-state index contributed by atoms with van der Waals surface area (Å²) in [6.45, 7) is 0. The molecule has 1 aromatic carbocycles. The van der Waals surface area contributed by atoms with E-state index in [2.05, 4.69) is 42.2 Å². The van der Waals surface area contributed by atoms with Crippen LogP contribution in [0.4, 0.5) is 10.6 Å². The molecule has 0 aliphatic rings. The van der Waals surface area contributed by atoms with Crippen LogP contribution in [0.25, 0.3) is 16.9 Å². The van der Waals surface area contributed by atoms with Gasteiger partial charge in [-0.3, -0.25) is 9.72 Å². The summed E-state index contributed by atoms with van der Waals surface area (Å²) in [6.07, 6.45) is 1.29. The van der Waals surface area contributed by atoms with Crippen molar-refractivity contribution in [3.8, 4) is 11.3 Å². The molecular weight excluding hydrogens is 414 g/mol. The molecule has 5 nitrogen and oxygen atoms in total. The van der Waals surface area contributed by atoms with Gasteiger partial charge in [-0.1, -0.05) is 30.3 Å². The molecule has 0 bridgehead atoms. The third-order valence-electron chi connectivity index (χ3n) is 3.09. The number of benzene rings is 1. The molecule has 0 saturated carbocycles. The Morgan fingerprint density at radius 2 is 2.00 bits per heavy atom. The summed E-state index contributed by atoms with van der Waals surface area (Å²) in [5.41, 5.74) is 2.28. The number of carbonyl (C=O) groups is 1. The lowest BCUT2D eigenvalue weighted by molar-refractivity contribution is 0.187. The van der Waals surface area contributed by atoms with E-state index in [1.54, 1.807) is 4.40 Å². The van der Waals surface area contributed by atoms with Crippen molar-refractivity contribution in [3.63, 3.8) is 0 Å². The number of fused-ring (bicyclic) bond motifs is 1. The molecule has 0 fully saturated rings. The van der Waals surface area contributed by atoms with E-state index in [4.69, 9.17) is 4.74 Å². The zero-order valence-electron chi connectivity index (χ0n) is 11.5. The molecule has 0 radical (unpaired) electrons. The summed E-state index contributed by atoms with van der Waals surface area (Å²) in [4.78, 5) is 16.3. The van der Waals surface area contributed by atoms with Crippen molar-refractivity contribution in [2.24, 2.45) is 0 Å². The molecule has 0 aliphatic carbocycles. The normalized spacial score (nSPS) is 10.7. The number of rotatable bonds is 2. The number of nitrogens with one attached hydrogen (secondary N) is 1. The molecule has 2 heterocycles. The van der Waals surface area contributed by atoms with E-state index in [0.29, 0.717) is 17.2 Å². The standard InChI is InChI=1S/C15H11Br2N3O2/c1-22-15(21)19-14-12(9-5-3-2-4-6-9)18-13-11(17)7-10(16)8-20(13)14/h2-8H,1H3,(H,19,21). The van der Waals surface area contributed by atoms with Crippen molar-refractivity contribution in [2.45, 2.75) is 0 Å². The highest BCUT2D eigenvalue weighted by Gasteiger charge is 2.18. The van der Waals surface area contributed by atoms with Crippen molar-refractivity contribution in [1.29, 1.82) is 0 Å². The lowest BCUT2D eigenvalue weighted by Gasteiger charge is -2.07. The van der Waals surface area contributed by atoms with Gasteiger partial charge < -0.3 is 4.74 Å². The number of imidazole rings is 1. The Hall–Kier alpha value is -1.86. The minimum absolute atomic E-state index is 0.546. The van der Waals surface area contributed by atoms with Crippen LogP contribution >= 0.6 is 31.9 Å². The predicted octanol–water partition coefficient (Wildman–Crippen LogP) is 4.70. The molecule has 1 amide bonds. The average Bonchev–Trinajstić information content (AvgIpc) is 2.87. The fraction of sp³-hybridized carbons (Fsp3) is 0.0667. The van der Waals surface area contributed by atoms with E-state index in [-0.39, 0.29) is 0 Å². The summed E-state index contributed by atoms with van der Waals surface area (Å²) in [6, 6.07) is 11.6. The Labute approximate surface area is 143 Å². The van der Waals surface area contributed by atoms with Gasteiger partial charge in [0.1, 0.15) is 11.5 Å². The first-order chi connectivity index (χ1) is 10.6. The highest BCUT2D eigenvalue weighted by Crippen LogP contribution is 2.33. The first kappa shape index (κ1) is 15.1. The zero-order valence-corrected chi connectivity index (χ0v) is 14.7. The van der Waals surface area contributed by atoms with Crippen LogP contribution in [0.3, 0.4) is 0 Å². The van der Waals surface area contributed by atoms with E-state index in [9.17, 15) is 4.79 Å². The second kappa shape index (κ2) is 6.10. The predicted molar refractivity (Wildman–Crippen MR) is 92.1 cm³/mol. The van der Waals surface area contributed by atoms with E-state index in [0.717, 1.165) is 14.5 Å². The number of methoxy groups -OCH3 is 1. The van der Waals surface area contributed by atoms with E-state index in [1.165, 1.54) is 7.11 Å². The Kier molecular flexibility index (Phi) is 4.17. The molecule has 1 N–H and O–H groups in total. The smallest absolute Gasteiger partial charge is 0.412 e. The number of carbonyl (C=O) groups excluding carboxylic acids is 1. The van der Waals surface area contributed by atoms with Crippen LogP contribution in [0.5, 0.6) is 0 Å². The molecule has 2 aromatic heterocycles. The molecule has 7 heteroatoms. The van der Waals surface area contributed by atoms with Crippen LogP contribution in [-0.4, -0.2) is 22.6 Å². The summed E-state index contributed by atoms with van der Waals surface area (Å²) in [5.74, 6) is 0.551. The van der Waals surface area contributed by atoms with Gasteiger partial charge in [-0.2, -0.15) is 0 Å². The lowest BCUT2D eigenvalue weighted by atomic mass is 10.1. The zero-order chi connectivity index (χ0) is 15.7. The third-order valence-corrected chi connectivity index (χ3v) is 4.11. The fourth-order valence-electron chi connectivity index (χ4n) is 2.14. The Bertz CT molecular complexity index is 847. The van der Waals surface area contributed by atoms with Gasteiger partial charge in [0.2, 0.25) is 0 Å². The van der Waals surface area contributed by atoms with Crippen LogP contribution in [0.15, 0.2) is 51.5 Å². The Balaban J connectivity index is 2.28. The molecule has 0 spiro atoms. The monoisotopic (exact) mass is 423 g/mol. The van der Waals surface area contributed by atoms with Gasteiger partial charge in [-0.05, 0) is 37.9 Å². The van der Waals surface area contributed by atoms with Crippen molar-refractivity contribution >= 4 is 49.4 Å². The number of pyridine rings is 1. The van der Waals surface area contributed by atoms with Gasteiger partial charge in [0.15, 0.2) is 5.65 Å². The number of ether oxygens (including phenoxy) is 1. The quantitative estimate of drug-likeness (QED) is 0.648. The molecule has 112 valence electrons. The SMILES string of the molecule is COC(=O)Nc1c(-c2ccccc2)nc2c(Br)cc(Br)cn12. The molecule has 0 atom stereocenters. The van der Waals surface area contributed by atoms with Crippen molar-refractivity contribution < 1.29 is 9.53 Å². The van der Waals surface area contributed by atoms with Gasteiger partial charge in [0.05, 0.1) is 11.6 Å². The van der Waals surface area contributed by atoms with Gasteiger partial charge in [0.25, 0.3) is 0 Å². The van der Waals surface area contributed by atoms with Crippen LogP contribution in [0, 0.1) is 0 Å². The van der Waals surface area contributed by atoms with E-state index < -0.39 is 6.09 Å². The molecular formula is C15H11Br2N3O2. The summed E-state index contributed by atoms with van der Waals surface area (Å²) >= 11 is 6.94. The molecule has 22 heavy (non-hydrogen) atoms. The molecule has 0 saturated heterocycles. The lowest BCUT2D eigenvalue weighted by Crippen LogP contribution is -2.13. The molecule has 3 aromatic rings. The maximum Gasteiger partial charge on any atom is 0.412 e. The number of anilines is 1. The van der Waals surface area contributed by atoms with Gasteiger partial charge >= 0.3 is 6.09 Å². The number of hydrogen-bond acceptors (Lipinski definition) is 3. The molecule has 0 unspecified atom stereocenters. The summed E-state index contributed by atoms with van der Waals surface area (Å²) in [7, 11) is 1.33. The van der Waals surface area contributed by atoms with E-state index >= 15 is 0 Å². The number of amides is 1. The third kappa shape index (κ3) is 2.74. The minimum Gasteiger partial charge on any atom is -0.453 e. The highest BCUT2D eigenvalue weighted by atomic mass is 79.9. The van der Waals surface area contributed by atoms with Crippen LogP contribution in [-0.2, 0) is 4.74 Å². The Morgan fingerprint density at radius 3 is 2.68 bits per heavy atom. The van der Waals surface area contributed by atoms with Gasteiger partial charge in [0, 0.05) is 16.2 Å². The van der Waals surface area contributed by atoms with Gasteiger partial charge in [-0.15, -0.1) is 0 Å². The second-order valence-electron chi connectivity index (χ2n) is 4.49. The molecule has 0 aliphatic heterocycles. The van der Waals surface area contributed by atoms with Crippen molar-refractivity contribution in [2.75, 3.05) is 12.4 Å². The van der Waals surface area contributed by atoms with Gasteiger partial charge in [-0.25, -0.2) is 9.78 Å². The Morgan fingerprint density at radius 1 is 1.27 bits per heavy atom. The summed E-state index contributed by atoms with van der Waals surface area (Å²) in [5, 5.41) is 2.73. The number of halogens is 2. The van der Waals surface area contributed by atoms with Crippen LogP contribution in [0.2, 0.25) is 0 Å². The fourth-order valence-corrected chi connectivity index (χ4v) is 3.40. The maximum absolute atomic E-state index is 11.7. The van der Waals surface area contributed by atoms with Crippen molar-refractivity contribution in [3.05, 3.63) is 51.5 Å². The topological polar surface area (TPSA) is 55.6 Å². The number of aromatic nitrogens is 2. The largest absolute Gasteiger partial charge is 0.453 e. The number of nitrogens with zero attached hydrogens (tertiary/aromatic N) is 2. The average molecular weight is 425 g/mol. The first-order valence-corrected chi connectivity index (χ1v) is 7.96. The van der Waals surface area contributed by atoms with Crippen LogP contribution in [0.1, 0.15) is 0 Å². The molecule has 3 rings (SSSR count). The minimum atomic E-state index is -0.546. The maximum atomic E-state index is 11.7. The number of hydrogen-bond donors (Lipinski definition) is 1. The van der Waals surface area contributed by atoms with E-state index in [1.807, 2.05) is 42.6 Å². The van der Waals surface area contributed by atoms with Crippen LogP contribution < -0.4 is 5.32 Å². The van der Waals surface area contributed by atoms with Crippen molar-refractivity contribution in [1.82, 2.24) is 9.38 Å². The first-order valence-electron chi connectivity index (χ1n) is 6.37. The highest BCUT2D eigenvalue weighted by molar-refractivity contribution is 9.11.